The fourth-order valence-corrected chi connectivity index (χ4v) is 2.60. The number of carbonyl (C=O) groups excluding carboxylic acids is 2. The lowest BCUT2D eigenvalue weighted by molar-refractivity contribution is -0.385. The molecule has 0 unspecified atom stereocenters. The predicted molar refractivity (Wildman–Crippen MR) is 115 cm³/mol. The van der Waals surface area contributed by atoms with E-state index in [1.54, 1.807) is 37.2 Å². The molecule has 0 spiro atoms. The third-order valence-electron chi connectivity index (χ3n) is 4.19. The number of nitro groups is 1. The number of hydrogen-bond acceptors (Lipinski definition) is 7. The Hall–Kier alpha value is -3.94. The van der Waals surface area contributed by atoms with Crippen molar-refractivity contribution in [3.8, 4) is 11.5 Å². The first-order chi connectivity index (χ1) is 14.2. The number of methoxy groups -OCH3 is 1. The van der Waals surface area contributed by atoms with Crippen LogP contribution < -0.4 is 9.64 Å². The van der Waals surface area contributed by atoms with Gasteiger partial charge in [-0.05, 0) is 48.6 Å². The molecule has 8 heteroatoms. The monoisotopic (exact) mass is 410 g/mol. The topological polar surface area (TPSA) is 110 Å². The van der Waals surface area contributed by atoms with Crippen molar-refractivity contribution in [3.63, 3.8) is 0 Å². The summed E-state index contributed by atoms with van der Waals surface area (Å²) in [7, 11) is 4.97. The number of ether oxygens (including phenoxy) is 1. The Morgan fingerprint density at radius 1 is 1.07 bits per heavy atom. The molecule has 0 radical (unpaired) electrons. The van der Waals surface area contributed by atoms with Crippen LogP contribution in [0.5, 0.6) is 11.5 Å². The van der Waals surface area contributed by atoms with E-state index in [9.17, 15) is 24.8 Å². The number of anilines is 1. The largest absolute Gasteiger partial charge is 0.508 e. The SMILES string of the molecule is COc1cc(O)ccc1C=CC(=O)CC(=O)C=Cc1ccc(N(C)C)cc1[N+](=O)[O-]. The highest BCUT2D eigenvalue weighted by Gasteiger charge is 2.14. The van der Waals surface area contributed by atoms with Crippen LogP contribution in [0.25, 0.3) is 12.2 Å². The molecule has 2 rings (SSSR count). The summed E-state index contributed by atoms with van der Waals surface area (Å²) in [6, 6.07) is 9.12. The molecule has 0 heterocycles. The van der Waals surface area contributed by atoms with E-state index in [1.807, 2.05) is 0 Å². The summed E-state index contributed by atoms with van der Waals surface area (Å²) >= 11 is 0. The maximum Gasteiger partial charge on any atom is 0.278 e. The molecule has 0 atom stereocenters. The number of hydrogen-bond donors (Lipinski definition) is 1. The number of benzene rings is 2. The zero-order valence-electron chi connectivity index (χ0n) is 16.9. The molecule has 2 aromatic rings. The first-order valence-corrected chi connectivity index (χ1v) is 8.96. The molecule has 0 saturated heterocycles. The van der Waals surface area contributed by atoms with Gasteiger partial charge in [-0.3, -0.25) is 19.7 Å². The van der Waals surface area contributed by atoms with Crippen LogP contribution in [-0.4, -0.2) is 42.8 Å². The molecule has 0 bridgehead atoms. The Morgan fingerprint density at radius 3 is 2.23 bits per heavy atom. The number of nitrogens with zero attached hydrogens (tertiary/aromatic N) is 2. The minimum atomic E-state index is -0.518. The third kappa shape index (κ3) is 6.03. The van der Waals surface area contributed by atoms with Crippen LogP contribution >= 0.6 is 0 Å². The van der Waals surface area contributed by atoms with Crippen molar-refractivity contribution >= 4 is 35.1 Å². The maximum absolute atomic E-state index is 12.1. The quantitative estimate of drug-likeness (QED) is 0.291. The fraction of sp³-hybridized carbons (Fsp3) is 0.182. The number of ketones is 2. The third-order valence-corrected chi connectivity index (χ3v) is 4.19. The molecule has 0 aliphatic carbocycles. The Morgan fingerprint density at radius 2 is 1.67 bits per heavy atom. The molecular formula is C22H22N2O6. The number of aromatic hydroxyl groups is 1. The first-order valence-electron chi connectivity index (χ1n) is 8.96. The predicted octanol–water partition coefficient (Wildman–Crippen LogP) is 3.63. The Balaban J connectivity index is 2.07. The lowest BCUT2D eigenvalue weighted by atomic mass is 10.1. The maximum atomic E-state index is 12.1. The van der Waals surface area contributed by atoms with Gasteiger partial charge in [-0.1, -0.05) is 0 Å². The first kappa shape index (κ1) is 22.4. The Labute approximate surface area is 173 Å². The average Bonchev–Trinajstić information content (AvgIpc) is 2.70. The van der Waals surface area contributed by atoms with Gasteiger partial charge in [-0.2, -0.15) is 0 Å². The van der Waals surface area contributed by atoms with E-state index < -0.39 is 16.5 Å². The summed E-state index contributed by atoms with van der Waals surface area (Å²) in [5.41, 5.74) is 1.38. The number of allylic oxidation sites excluding steroid dienone is 2. The van der Waals surface area contributed by atoms with Crippen molar-refractivity contribution in [2.24, 2.45) is 0 Å². The number of nitro benzene ring substituents is 1. The Bertz CT molecular complexity index is 1020. The van der Waals surface area contributed by atoms with Crippen LogP contribution in [0, 0.1) is 10.1 Å². The smallest absolute Gasteiger partial charge is 0.278 e. The van der Waals surface area contributed by atoms with Gasteiger partial charge in [0.1, 0.15) is 11.5 Å². The highest BCUT2D eigenvalue weighted by atomic mass is 16.6. The molecule has 0 aliphatic rings. The minimum absolute atomic E-state index is 0.0309. The van der Waals surface area contributed by atoms with Gasteiger partial charge < -0.3 is 14.7 Å². The van der Waals surface area contributed by atoms with Crippen molar-refractivity contribution in [1.82, 2.24) is 0 Å². The van der Waals surface area contributed by atoms with Crippen molar-refractivity contribution < 1.29 is 24.4 Å². The number of phenolic OH excluding ortho intramolecular Hbond substituents is 1. The number of rotatable bonds is 9. The highest BCUT2D eigenvalue weighted by molar-refractivity contribution is 6.11. The Kier molecular flexibility index (Phi) is 7.46. The van der Waals surface area contributed by atoms with Crippen LogP contribution in [0.2, 0.25) is 0 Å². The van der Waals surface area contributed by atoms with E-state index in [1.165, 1.54) is 43.5 Å². The van der Waals surface area contributed by atoms with Gasteiger partial charge in [0.25, 0.3) is 5.69 Å². The van der Waals surface area contributed by atoms with Gasteiger partial charge in [-0.15, -0.1) is 0 Å². The van der Waals surface area contributed by atoms with Crippen molar-refractivity contribution in [2.45, 2.75) is 6.42 Å². The zero-order chi connectivity index (χ0) is 22.3. The molecule has 0 aliphatic heterocycles. The van der Waals surface area contributed by atoms with Crippen LogP contribution in [-0.2, 0) is 9.59 Å². The molecule has 156 valence electrons. The number of phenols is 1. The van der Waals surface area contributed by atoms with Gasteiger partial charge in [0.05, 0.1) is 24.0 Å². The summed E-state index contributed by atoms with van der Waals surface area (Å²) in [4.78, 5) is 36.6. The van der Waals surface area contributed by atoms with Crippen LogP contribution in [0.15, 0.2) is 48.6 Å². The minimum Gasteiger partial charge on any atom is -0.508 e. The standard InChI is InChI=1S/C22H22N2O6/c1-23(2)17-8-4-15(21(12-17)24(28)29)5-9-18(25)13-19(26)10-6-16-7-11-20(27)14-22(16)30-3/h4-12,14,27H,13H2,1-3H3. The van der Waals surface area contributed by atoms with Gasteiger partial charge in [0.15, 0.2) is 11.6 Å². The molecule has 2 aromatic carbocycles. The van der Waals surface area contributed by atoms with Gasteiger partial charge in [0, 0.05) is 37.5 Å². The van der Waals surface area contributed by atoms with E-state index in [4.69, 9.17) is 4.74 Å². The molecule has 0 saturated carbocycles. The summed E-state index contributed by atoms with van der Waals surface area (Å²) < 4.78 is 5.12. The molecule has 8 nitrogen and oxygen atoms in total. The van der Waals surface area contributed by atoms with E-state index in [2.05, 4.69) is 0 Å². The summed E-state index contributed by atoms with van der Waals surface area (Å²) in [5.74, 6) is -0.493. The molecular weight excluding hydrogens is 388 g/mol. The molecule has 0 amide bonds. The van der Waals surface area contributed by atoms with Gasteiger partial charge in [0.2, 0.25) is 0 Å². The normalized spacial score (nSPS) is 11.0. The second kappa shape index (κ2) is 10.0. The summed E-state index contributed by atoms with van der Waals surface area (Å²) in [6.45, 7) is 0. The van der Waals surface area contributed by atoms with E-state index in [0.717, 1.165) is 6.08 Å². The lowest BCUT2D eigenvalue weighted by Gasteiger charge is -2.12. The van der Waals surface area contributed by atoms with Crippen LogP contribution in [0.3, 0.4) is 0 Å². The average molecular weight is 410 g/mol. The lowest BCUT2D eigenvalue weighted by Crippen LogP contribution is -2.09. The fourth-order valence-electron chi connectivity index (χ4n) is 2.60. The molecule has 0 aromatic heterocycles. The van der Waals surface area contributed by atoms with Crippen LogP contribution in [0.4, 0.5) is 11.4 Å². The number of carbonyl (C=O) groups is 2. The van der Waals surface area contributed by atoms with E-state index in [-0.39, 0.29) is 23.4 Å². The van der Waals surface area contributed by atoms with Gasteiger partial charge >= 0.3 is 0 Å². The molecule has 30 heavy (non-hydrogen) atoms. The van der Waals surface area contributed by atoms with Gasteiger partial charge in [-0.25, -0.2) is 0 Å². The summed E-state index contributed by atoms with van der Waals surface area (Å²) in [6.07, 6.45) is 4.85. The molecule has 1 N–H and O–H groups in total. The highest BCUT2D eigenvalue weighted by Crippen LogP contribution is 2.26. The van der Waals surface area contributed by atoms with Crippen molar-refractivity contribution in [1.29, 1.82) is 0 Å². The van der Waals surface area contributed by atoms with Crippen molar-refractivity contribution in [2.75, 3.05) is 26.1 Å². The van der Waals surface area contributed by atoms with E-state index in [0.29, 0.717) is 17.0 Å². The van der Waals surface area contributed by atoms with Crippen LogP contribution in [0.1, 0.15) is 17.5 Å². The van der Waals surface area contributed by atoms with Crippen molar-refractivity contribution in [3.05, 3.63) is 69.8 Å². The van der Waals surface area contributed by atoms with E-state index >= 15 is 0 Å². The second-order valence-corrected chi connectivity index (χ2v) is 6.60. The summed E-state index contributed by atoms with van der Waals surface area (Å²) in [5, 5.41) is 20.7. The molecule has 0 fully saturated rings. The second-order valence-electron chi connectivity index (χ2n) is 6.60. The zero-order valence-corrected chi connectivity index (χ0v) is 16.9.